The number of halogens is 1. The van der Waals surface area contributed by atoms with Crippen molar-refractivity contribution in [1.82, 2.24) is 0 Å². The summed E-state index contributed by atoms with van der Waals surface area (Å²) in [5.41, 5.74) is 0.323. The molecule has 68 valence electrons. The Morgan fingerprint density at radius 3 is 2.42 bits per heavy atom. The zero-order chi connectivity index (χ0) is 9.35. The summed E-state index contributed by atoms with van der Waals surface area (Å²) in [6, 6.07) is -0.0333. The molecule has 0 aromatic heterocycles. The molecule has 0 aromatic rings. The van der Waals surface area contributed by atoms with Crippen LogP contribution in [0.2, 0.25) is 0 Å². The van der Waals surface area contributed by atoms with Gasteiger partial charge in [-0.15, -0.1) is 0 Å². The molecule has 1 heterocycles. The summed E-state index contributed by atoms with van der Waals surface area (Å²) in [7, 11) is 5.76. The minimum absolute atomic E-state index is 0.0333. The SMILES string of the molecule is [B]C1CC(C(C)(C)C)C(CI)O1. The molecule has 0 aromatic carbocycles. The smallest absolute Gasteiger partial charge is 0.109 e. The van der Waals surface area contributed by atoms with Crippen LogP contribution in [0.1, 0.15) is 27.2 Å². The Morgan fingerprint density at radius 1 is 1.50 bits per heavy atom. The van der Waals surface area contributed by atoms with E-state index in [4.69, 9.17) is 12.6 Å². The van der Waals surface area contributed by atoms with Gasteiger partial charge in [0.2, 0.25) is 0 Å². The first kappa shape index (κ1) is 10.8. The molecule has 3 unspecified atom stereocenters. The molecular weight excluding hydrogens is 262 g/mol. The van der Waals surface area contributed by atoms with E-state index < -0.39 is 0 Å². The second-order valence-corrected chi connectivity index (χ2v) is 5.46. The summed E-state index contributed by atoms with van der Waals surface area (Å²) >= 11 is 2.37. The zero-order valence-electron chi connectivity index (χ0n) is 8.01. The van der Waals surface area contributed by atoms with E-state index in [0.29, 0.717) is 17.4 Å². The van der Waals surface area contributed by atoms with Crippen molar-refractivity contribution < 1.29 is 4.74 Å². The summed E-state index contributed by atoms with van der Waals surface area (Å²) in [5, 5.41) is 0. The average Bonchev–Trinajstić information content (AvgIpc) is 2.29. The van der Waals surface area contributed by atoms with E-state index in [1.807, 2.05) is 0 Å². The highest BCUT2D eigenvalue weighted by molar-refractivity contribution is 14.1. The van der Waals surface area contributed by atoms with Gasteiger partial charge in [0.25, 0.3) is 0 Å². The first-order valence-electron chi connectivity index (χ1n) is 4.42. The van der Waals surface area contributed by atoms with Crippen LogP contribution >= 0.6 is 22.6 Å². The fourth-order valence-corrected chi connectivity index (χ4v) is 2.65. The second kappa shape index (κ2) is 3.87. The summed E-state index contributed by atoms with van der Waals surface area (Å²) in [4.78, 5) is 0. The maximum absolute atomic E-state index is 5.76. The first-order valence-corrected chi connectivity index (χ1v) is 5.94. The minimum atomic E-state index is -0.0333. The molecule has 3 heteroatoms. The van der Waals surface area contributed by atoms with Crippen LogP contribution in [0.15, 0.2) is 0 Å². The minimum Gasteiger partial charge on any atom is -0.384 e. The average molecular weight is 278 g/mol. The van der Waals surface area contributed by atoms with Crippen molar-refractivity contribution in [2.45, 2.75) is 39.3 Å². The van der Waals surface area contributed by atoms with E-state index in [1.165, 1.54) is 0 Å². The lowest BCUT2D eigenvalue weighted by molar-refractivity contribution is 0.0651. The Hall–Kier alpha value is 0.755. The van der Waals surface area contributed by atoms with Gasteiger partial charge < -0.3 is 4.74 Å². The summed E-state index contributed by atoms with van der Waals surface area (Å²) < 4.78 is 6.67. The normalized spacial score (nSPS) is 37.2. The van der Waals surface area contributed by atoms with Gasteiger partial charge in [-0.1, -0.05) is 43.4 Å². The molecule has 0 spiro atoms. The van der Waals surface area contributed by atoms with Gasteiger partial charge in [-0.25, -0.2) is 0 Å². The van der Waals surface area contributed by atoms with E-state index in [2.05, 4.69) is 43.4 Å². The van der Waals surface area contributed by atoms with Crippen molar-refractivity contribution in [3.8, 4) is 0 Å². The van der Waals surface area contributed by atoms with Crippen molar-refractivity contribution in [1.29, 1.82) is 0 Å². The molecule has 2 radical (unpaired) electrons. The lowest BCUT2D eigenvalue weighted by atomic mass is 9.74. The number of alkyl halides is 1. The fourth-order valence-electron chi connectivity index (χ4n) is 1.83. The highest BCUT2D eigenvalue weighted by atomic mass is 127. The van der Waals surface area contributed by atoms with Crippen LogP contribution in [0.3, 0.4) is 0 Å². The van der Waals surface area contributed by atoms with E-state index in [1.54, 1.807) is 0 Å². The molecule has 0 aliphatic carbocycles. The maximum atomic E-state index is 5.76. The van der Waals surface area contributed by atoms with Crippen LogP contribution in [-0.4, -0.2) is 24.4 Å². The molecule has 0 amide bonds. The molecule has 0 bridgehead atoms. The highest BCUT2D eigenvalue weighted by Gasteiger charge is 2.38. The number of ether oxygens (including phenoxy) is 1. The monoisotopic (exact) mass is 278 g/mol. The van der Waals surface area contributed by atoms with E-state index in [0.717, 1.165) is 10.8 Å². The van der Waals surface area contributed by atoms with Gasteiger partial charge >= 0.3 is 0 Å². The van der Waals surface area contributed by atoms with Crippen LogP contribution in [0.4, 0.5) is 0 Å². The zero-order valence-corrected chi connectivity index (χ0v) is 10.2. The van der Waals surface area contributed by atoms with Gasteiger partial charge in [0, 0.05) is 10.4 Å². The molecule has 3 atom stereocenters. The molecule has 1 fully saturated rings. The van der Waals surface area contributed by atoms with E-state index in [9.17, 15) is 0 Å². The lowest BCUT2D eigenvalue weighted by Gasteiger charge is -2.30. The molecular formula is C9H16BIO. The third kappa shape index (κ3) is 2.38. The molecule has 12 heavy (non-hydrogen) atoms. The second-order valence-electron chi connectivity index (χ2n) is 4.58. The van der Waals surface area contributed by atoms with Gasteiger partial charge in [-0.05, 0) is 17.8 Å². The Kier molecular flexibility index (Phi) is 3.49. The van der Waals surface area contributed by atoms with Crippen molar-refractivity contribution in [3.63, 3.8) is 0 Å². The van der Waals surface area contributed by atoms with E-state index in [-0.39, 0.29) is 6.00 Å². The maximum Gasteiger partial charge on any atom is 0.109 e. The molecule has 0 N–H and O–H groups in total. The van der Waals surface area contributed by atoms with Gasteiger partial charge in [0.1, 0.15) is 7.85 Å². The van der Waals surface area contributed by atoms with Gasteiger partial charge in [-0.3, -0.25) is 0 Å². The van der Waals surface area contributed by atoms with Crippen molar-refractivity contribution in [2.24, 2.45) is 11.3 Å². The van der Waals surface area contributed by atoms with Gasteiger partial charge in [-0.2, -0.15) is 0 Å². The molecule has 1 aliphatic heterocycles. The van der Waals surface area contributed by atoms with Crippen LogP contribution in [0, 0.1) is 11.3 Å². The van der Waals surface area contributed by atoms with Gasteiger partial charge in [0.15, 0.2) is 0 Å². The Labute approximate surface area is 90.2 Å². The largest absolute Gasteiger partial charge is 0.384 e. The fraction of sp³-hybridized carbons (Fsp3) is 1.00. The Morgan fingerprint density at radius 2 is 2.08 bits per heavy atom. The third-order valence-electron chi connectivity index (χ3n) is 2.55. The molecule has 1 saturated heterocycles. The van der Waals surface area contributed by atoms with E-state index >= 15 is 0 Å². The predicted molar refractivity (Wildman–Crippen MR) is 60.9 cm³/mol. The predicted octanol–water partition coefficient (Wildman–Crippen LogP) is 2.37. The Bertz CT molecular complexity index is 155. The molecule has 0 saturated carbocycles. The Balaban J connectivity index is 2.64. The van der Waals surface area contributed by atoms with Crippen LogP contribution < -0.4 is 0 Å². The molecule has 1 nitrogen and oxygen atoms in total. The summed E-state index contributed by atoms with van der Waals surface area (Å²) in [6.45, 7) is 6.79. The quantitative estimate of drug-likeness (QED) is 0.406. The molecule has 1 aliphatic rings. The number of hydrogen-bond donors (Lipinski definition) is 0. The van der Waals surface area contributed by atoms with Crippen LogP contribution in [-0.2, 0) is 4.74 Å². The first-order chi connectivity index (χ1) is 5.45. The number of hydrogen-bond acceptors (Lipinski definition) is 1. The van der Waals surface area contributed by atoms with Gasteiger partial charge in [0.05, 0.1) is 6.10 Å². The van der Waals surface area contributed by atoms with Crippen LogP contribution in [0.25, 0.3) is 0 Å². The third-order valence-corrected chi connectivity index (χ3v) is 3.42. The molecule has 1 rings (SSSR count). The standard InChI is InChI=1S/C9H16BIO/c1-9(2,3)6-4-8(10)12-7(6)5-11/h6-8H,4-5H2,1-3H3. The van der Waals surface area contributed by atoms with Crippen molar-refractivity contribution in [2.75, 3.05) is 4.43 Å². The lowest BCUT2D eigenvalue weighted by Crippen LogP contribution is -2.29. The highest BCUT2D eigenvalue weighted by Crippen LogP contribution is 2.39. The summed E-state index contributed by atoms with van der Waals surface area (Å²) in [5.74, 6) is 0.615. The topological polar surface area (TPSA) is 9.23 Å². The summed E-state index contributed by atoms with van der Waals surface area (Å²) in [6.07, 6.45) is 1.37. The van der Waals surface area contributed by atoms with Crippen molar-refractivity contribution >= 4 is 30.4 Å². The van der Waals surface area contributed by atoms with Crippen molar-refractivity contribution in [3.05, 3.63) is 0 Å². The van der Waals surface area contributed by atoms with Crippen LogP contribution in [0.5, 0.6) is 0 Å². The number of rotatable bonds is 1.